The molecular weight excluding hydrogens is 608 g/mol. The first-order valence-corrected chi connectivity index (χ1v) is 17.2. The molecule has 3 aromatic rings. The maximum Gasteiger partial charge on any atom is 0.150 e. The van der Waals surface area contributed by atoms with Crippen molar-refractivity contribution in [3.05, 3.63) is 119 Å². The van der Waals surface area contributed by atoms with Crippen LogP contribution in [0.2, 0.25) is 0 Å². The van der Waals surface area contributed by atoms with Crippen LogP contribution in [0.15, 0.2) is 91.1 Å². The van der Waals surface area contributed by atoms with Crippen molar-refractivity contribution in [3.63, 3.8) is 0 Å². The quantitative estimate of drug-likeness (QED) is 0.0748. The smallest absolute Gasteiger partial charge is 0.150 e. The third-order valence-electron chi connectivity index (χ3n) is 6.46. The van der Waals surface area contributed by atoms with Gasteiger partial charge in [-0.3, -0.25) is 4.79 Å². The molecule has 0 fully saturated rings. The monoisotopic (exact) mass is 675 g/mol. The number of anilines is 1. The van der Waals surface area contributed by atoms with Crippen molar-refractivity contribution in [2.75, 3.05) is 52.6 Å². The summed E-state index contributed by atoms with van der Waals surface area (Å²) >= 11 is 0. The molecule has 0 bridgehead atoms. The lowest BCUT2D eigenvalue weighted by molar-refractivity contribution is -0.109. The third-order valence-corrected chi connectivity index (χ3v) is 6.46. The molecule has 0 spiro atoms. The molecule has 272 valence electrons. The van der Waals surface area contributed by atoms with Crippen LogP contribution in [0.25, 0.3) is 5.70 Å². The second kappa shape index (κ2) is 32.3. The molecule has 8 nitrogen and oxygen atoms in total. The van der Waals surface area contributed by atoms with E-state index in [0.29, 0.717) is 12.1 Å². The number of allylic oxidation sites excluding steroid dienone is 1. The van der Waals surface area contributed by atoms with Crippen LogP contribution >= 0.6 is 0 Å². The Kier molecular flexibility index (Phi) is 30.9. The lowest BCUT2D eigenvalue weighted by Crippen LogP contribution is -2.32. The molecule has 0 heterocycles. The summed E-state index contributed by atoms with van der Waals surface area (Å²) in [6.07, 6.45) is 5.08. The Morgan fingerprint density at radius 1 is 0.816 bits per heavy atom. The van der Waals surface area contributed by atoms with Crippen LogP contribution in [0.3, 0.4) is 0 Å². The molecule has 1 unspecified atom stereocenters. The topological polar surface area (TPSA) is 106 Å². The lowest BCUT2D eigenvalue weighted by atomic mass is 10.1. The number of hydrogen-bond acceptors (Lipinski definition) is 8. The SMILES string of the molecule is C/C=C(\CNC)NCC.C=C(NCc1ccc(C)cc1)c1cc(C=O)cc(NC)c1.CCC.CNCCNC(C)C=O.Cc1ccccc1. The van der Waals surface area contributed by atoms with E-state index in [9.17, 15) is 9.59 Å². The second-order valence-corrected chi connectivity index (χ2v) is 11.2. The lowest BCUT2D eigenvalue weighted by Gasteiger charge is -2.12. The first-order valence-electron chi connectivity index (χ1n) is 17.2. The number of hydrogen-bond donors (Lipinski definition) is 6. The molecule has 0 aliphatic heterocycles. The molecule has 0 aliphatic carbocycles. The van der Waals surface area contributed by atoms with Crippen LogP contribution in [0, 0.1) is 13.8 Å². The largest absolute Gasteiger partial charge is 0.388 e. The summed E-state index contributed by atoms with van der Waals surface area (Å²) in [6.45, 7) is 22.8. The van der Waals surface area contributed by atoms with Gasteiger partial charge in [0.2, 0.25) is 0 Å². The van der Waals surface area contributed by atoms with Gasteiger partial charge in [0.1, 0.15) is 12.6 Å². The van der Waals surface area contributed by atoms with E-state index in [1.165, 1.54) is 28.8 Å². The van der Waals surface area contributed by atoms with Crippen molar-refractivity contribution in [1.82, 2.24) is 26.6 Å². The highest BCUT2D eigenvalue weighted by Crippen LogP contribution is 2.18. The summed E-state index contributed by atoms with van der Waals surface area (Å²) < 4.78 is 0. The number of carbonyl (C=O) groups excluding carboxylic acids is 2. The van der Waals surface area contributed by atoms with Crippen molar-refractivity contribution in [3.8, 4) is 0 Å². The molecule has 8 heteroatoms. The zero-order valence-electron chi connectivity index (χ0n) is 32.0. The molecular formula is C41H66N6O2. The molecule has 1 atom stereocenters. The van der Waals surface area contributed by atoms with Gasteiger partial charge in [-0.05, 0) is 78.0 Å². The van der Waals surface area contributed by atoms with Gasteiger partial charge in [-0.1, -0.05) is 98.6 Å². The number of nitrogens with one attached hydrogen (secondary N) is 6. The van der Waals surface area contributed by atoms with E-state index in [1.807, 2.05) is 71.4 Å². The summed E-state index contributed by atoms with van der Waals surface area (Å²) in [4.78, 5) is 21.0. The zero-order chi connectivity index (χ0) is 37.3. The van der Waals surface area contributed by atoms with Crippen LogP contribution in [-0.2, 0) is 11.3 Å². The molecule has 3 aromatic carbocycles. The number of aryl methyl sites for hydroxylation is 2. The molecule has 0 amide bonds. The zero-order valence-corrected chi connectivity index (χ0v) is 32.0. The minimum absolute atomic E-state index is 0.0154. The van der Waals surface area contributed by atoms with Gasteiger partial charge in [-0.15, -0.1) is 0 Å². The van der Waals surface area contributed by atoms with Crippen molar-refractivity contribution >= 4 is 24.0 Å². The molecule has 0 aliphatic rings. The summed E-state index contributed by atoms with van der Waals surface area (Å²) in [5.41, 5.74) is 8.27. The predicted molar refractivity (Wildman–Crippen MR) is 214 cm³/mol. The van der Waals surface area contributed by atoms with Crippen LogP contribution in [0.5, 0.6) is 0 Å². The van der Waals surface area contributed by atoms with Crippen LogP contribution in [-0.4, -0.2) is 65.9 Å². The highest BCUT2D eigenvalue weighted by atomic mass is 16.1. The Labute approximate surface area is 298 Å². The molecule has 0 radical (unpaired) electrons. The van der Waals surface area contributed by atoms with Gasteiger partial charge in [0.05, 0.1) is 6.04 Å². The standard InChI is InChI=1S/C18H20N2O.C7H16N2.C7H8.C6H14N2O.C3H8/c1-13-4-6-15(7-5-13)11-20-14(2)17-8-16(12-21)9-18(10-17)19-3;1-4-7(6-8-3)9-5-2;1-7-5-3-2-4-6-7;1-6(5-9)8-4-3-7-2;1-3-2/h4-10,12,19-20H,2,11H2,1,3H3;4,8-9H,5-6H2,1-3H3;2-6H,1H3;5-8H,3-4H2,1-2H3;3H2,1-2H3/b;7-4+;;;. The van der Waals surface area contributed by atoms with Gasteiger partial charge in [0.15, 0.2) is 0 Å². The Balaban J connectivity index is 0. The average molecular weight is 675 g/mol. The Morgan fingerprint density at radius 3 is 1.88 bits per heavy atom. The fourth-order valence-electron chi connectivity index (χ4n) is 3.75. The van der Waals surface area contributed by atoms with Gasteiger partial charge in [-0.25, -0.2) is 0 Å². The first-order chi connectivity index (χ1) is 23.6. The van der Waals surface area contributed by atoms with Gasteiger partial charge in [0, 0.05) is 62.4 Å². The minimum atomic E-state index is -0.0154. The fourth-order valence-corrected chi connectivity index (χ4v) is 3.75. The number of rotatable bonds is 15. The van der Waals surface area contributed by atoms with Crippen LogP contribution in [0.1, 0.15) is 73.7 Å². The third kappa shape index (κ3) is 26.4. The molecule has 49 heavy (non-hydrogen) atoms. The van der Waals surface area contributed by atoms with Crippen molar-refractivity contribution in [1.29, 1.82) is 0 Å². The minimum Gasteiger partial charge on any atom is -0.388 e. The maximum absolute atomic E-state index is 11.0. The van der Waals surface area contributed by atoms with Crippen molar-refractivity contribution < 1.29 is 9.59 Å². The second-order valence-electron chi connectivity index (χ2n) is 11.2. The van der Waals surface area contributed by atoms with Gasteiger partial charge in [0.25, 0.3) is 0 Å². The summed E-state index contributed by atoms with van der Waals surface area (Å²) in [5.74, 6) is 0. The summed E-state index contributed by atoms with van der Waals surface area (Å²) in [7, 11) is 5.66. The molecule has 6 N–H and O–H groups in total. The Bertz CT molecular complexity index is 1270. The predicted octanol–water partition coefficient (Wildman–Crippen LogP) is 7.12. The highest BCUT2D eigenvalue weighted by Gasteiger charge is 2.04. The van der Waals surface area contributed by atoms with E-state index < -0.39 is 0 Å². The Morgan fingerprint density at radius 2 is 1.43 bits per heavy atom. The highest BCUT2D eigenvalue weighted by molar-refractivity contribution is 5.80. The van der Waals surface area contributed by atoms with Crippen LogP contribution < -0.4 is 31.9 Å². The van der Waals surface area contributed by atoms with Crippen molar-refractivity contribution in [2.45, 2.75) is 67.5 Å². The van der Waals surface area contributed by atoms with E-state index in [0.717, 1.165) is 55.7 Å². The number of benzene rings is 3. The molecule has 0 aromatic heterocycles. The average Bonchev–Trinajstić information content (AvgIpc) is 3.12. The van der Waals surface area contributed by atoms with E-state index >= 15 is 0 Å². The Hall–Kier alpha value is -4.24. The van der Waals surface area contributed by atoms with Gasteiger partial charge < -0.3 is 36.7 Å². The number of likely N-dealkylation sites (N-methyl/N-ethyl adjacent to an activating group) is 3. The van der Waals surface area contributed by atoms with E-state index in [-0.39, 0.29) is 6.04 Å². The van der Waals surface area contributed by atoms with Gasteiger partial charge >= 0.3 is 0 Å². The first kappa shape index (κ1) is 46.9. The van der Waals surface area contributed by atoms with E-state index in [1.54, 1.807) is 0 Å². The van der Waals surface area contributed by atoms with E-state index in [2.05, 4.69) is 116 Å². The molecule has 3 rings (SSSR count). The summed E-state index contributed by atoms with van der Waals surface area (Å²) in [6, 6.07) is 24.2. The molecule has 0 saturated heterocycles. The molecule has 0 saturated carbocycles. The number of carbonyl (C=O) groups is 2. The van der Waals surface area contributed by atoms with Gasteiger partial charge in [-0.2, -0.15) is 0 Å². The maximum atomic E-state index is 11.0. The van der Waals surface area contributed by atoms with Crippen molar-refractivity contribution in [2.24, 2.45) is 0 Å². The normalized spacial score (nSPS) is 10.4. The fraction of sp³-hybridized carbons (Fsp3) is 0.415. The van der Waals surface area contributed by atoms with Crippen LogP contribution in [0.4, 0.5) is 5.69 Å². The number of aldehydes is 2. The van der Waals surface area contributed by atoms with E-state index in [4.69, 9.17) is 0 Å². The summed E-state index contributed by atoms with van der Waals surface area (Å²) in [5, 5.41) is 18.6.